The Morgan fingerprint density at radius 1 is 1.11 bits per heavy atom. The first-order valence-electron chi connectivity index (χ1n) is 9.10. The van der Waals surface area contributed by atoms with Crippen LogP contribution in [0, 0.1) is 12.8 Å². The molecule has 0 bridgehead atoms. The molecule has 0 spiro atoms. The van der Waals surface area contributed by atoms with Crippen LogP contribution in [-0.4, -0.2) is 46.8 Å². The Morgan fingerprint density at radius 2 is 1.75 bits per heavy atom. The minimum absolute atomic E-state index is 0.158. The number of nitrogens with zero attached hydrogens (tertiary/aromatic N) is 2. The summed E-state index contributed by atoms with van der Waals surface area (Å²) in [5, 5.41) is 4.46. The molecule has 3 rings (SSSR count). The van der Waals surface area contributed by atoms with Gasteiger partial charge in [-0.2, -0.15) is 5.10 Å². The third kappa shape index (κ3) is 4.51. The molecule has 1 fully saturated rings. The van der Waals surface area contributed by atoms with Crippen LogP contribution in [0.1, 0.15) is 26.5 Å². The van der Waals surface area contributed by atoms with Gasteiger partial charge in [-0.25, -0.2) is 4.68 Å². The predicted molar refractivity (Wildman–Crippen MR) is 98.9 cm³/mol. The van der Waals surface area contributed by atoms with Gasteiger partial charge < -0.3 is 18.9 Å². The average Bonchev–Trinajstić information content (AvgIpc) is 3.01. The molecule has 150 valence electrons. The number of hydrogen-bond acceptors (Lipinski definition) is 7. The highest BCUT2D eigenvalue weighted by atomic mass is 16.7. The monoisotopic (exact) mass is 388 g/mol. The third-order valence-electron chi connectivity index (χ3n) is 4.32. The molecule has 0 amide bonds. The van der Waals surface area contributed by atoms with E-state index < -0.39 is 30.4 Å². The summed E-state index contributed by atoms with van der Waals surface area (Å²) < 4.78 is 24.3. The van der Waals surface area contributed by atoms with E-state index in [-0.39, 0.29) is 5.92 Å². The second-order valence-corrected chi connectivity index (χ2v) is 6.82. The van der Waals surface area contributed by atoms with E-state index in [2.05, 4.69) is 5.10 Å². The van der Waals surface area contributed by atoms with E-state index in [1.54, 1.807) is 10.7 Å². The number of esters is 2. The lowest BCUT2D eigenvalue weighted by Gasteiger charge is -2.39. The van der Waals surface area contributed by atoms with Crippen molar-refractivity contribution >= 4 is 11.9 Å². The van der Waals surface area contributed by atoms with Crippen LogP contribution in [0.3, 0.4) is 0 Å². The topological polar surface area (TPSA) is 88.9 Å². The molecule has 0 aliphatic carbocycles. The molecule has 1 aromatic heterocycles. The highest BCUT2D eigenvalue weighted by Crippen LogP contribution is 2.29. The van der Waals surface area contributed by atoms with Gasteiger partial charge in [0.2, 0.25) is 18.3 Å². The summed E-state index contributed by atoms with van der Waals surface area (Å²) in [5.74, 6) is -0.697. The highest BCUT2D eigenvalue weighted by molar-refractivity contribution is 5.67. The van der Waals surface area contributed by atoms with Crippen LogP contribution in [0.4, 0.5) is 0 Å². The number of para-hydroxylation sites is 1. The van der Waals surface area contributed by atoms with Gasteiger partial charge in [-0.3, -0.25) is 9.59 Å². The number of carbonyl (C=O) groups is 2. The molecule has 8 heteroatoms. The van der Waals surface area contributed by atoms with Crippen molar-refractivity contribution in [2.24, 2.45) is 5.92 Å². The van der Waals surface area contributed by atoms with Crippen molar-refractivity contribution in [2.75, 3.05) is 6.61 Å². The van der Waals surface area contributed by atoms with E-state index >= 15 is 0 Å². The normalized spacial score (nSPS) is 24.4. The van der Waals surface area contributed by atoms with E-state index in [4.69, 9.17) is 18.9 Å². The lowest BCUT2D eigenvalue weighted by atomic mass is 9.97. The maximum Gasteiger partial charge on any atom is 0.303 e. The number of rotatable bonds is 5. The first kappa shape index (κ1) is 19.9. The van der Waals surface area contributed by atoms with Gasteiger partial charge in [0.05, 0.1) is 18.0 Å². The first-order valence-corrected chi connectivity index (χ1v) is 9.10. The van der Waals surface area contributed by atoms with Gasteiger partial charge in [-0.15, -0.1) is 0 Å². The standard InChI is InChI=1S/C20H24N2O6/c1-12-11-25-20(19(27-15(4)24)18(12)26-14(3)23)28-17-10-13(2)21-22(17)16-8-6-5-7-9-16/h5-10,12,18-20H,11H2,1-4H3/t12-,18+,19-,20?/m1/s1. The van der Waals surface area contributed by atoms with Gasteiger partial charge in [-0.1, -0.05) is 25.1 Å². The lowest BCUT2D eigenvalue weighted by molar-refractivity contribution is -0.244. The zero-order valence-corrected chi connectivity index (χ0v) is 16.3. The van der Waals surface area contributed by atoms with Crippen LogP contribution in [-0.2, 0) is 23.8 Å². The summed E-state index contributed by atoms with van der Waals surface area (Å²) in [6.45, 7) is 6.61. The SMILES string of the molecule is CC(=O)O[C@H]1[C@H](C)COC(Oc2cc(C)nn2-c2ccccc2)[C@@H]1OC(C)=O. The number of ether oxygens (including phenoxy) is 4. The van der Waals surface area contributed by atoms with Crippen LogP contribution in [0.2, 0.25) is 0 Å². The van der Waals surface area contributed by atoms with E-state index in [0.717, 1.165) is 11.4 Å². The summed E-state index contributed by atoms with van der Waals surface area (Å²) in [7, 11) is 0. The van der Waals surface area contributed by atoms with Crippen molar-refractivity contribution in [3.05, 3.63) is 42.1 Å². The summed E-state index contributed by atoms with van der Waals surface area (Å²) in [6, 6.07) is 11.3. The van der Waals surface area contributed by atoms with Crippen molar-refractivity contribution in [3.63, 3.8) is 0 Å². The summed E-state index contributed by atoms with van der Waals surface area (Å²) in [5.41, 5.74) is 1.57. The molecule has 0 N–H and O–H groups in total. The number of benzene rings is 1. The van der Waals surface area contributed by atoms with Gasteiger partial charge in [-0.05, 0) is 19.1 Å². The fraction of sp³-hybridized carbons (Fsp3) is 0.450. The molecule has 28 heavy (non-hydrogen) atoms. The average molecular weight is 388 g/mol. The summed E-state index contributed by atoms with van der Waals surface area (Å²) in [6.07, 6.45) is -2.51. The minimum Gasteiger partial charge on any atom is -0.458 e. The molecule has 2 heterocycles. The molecule has 1 unspecified atom stereocenters. The first-order chi connectivity index (χ1) is 13.3. The van der Waals surface area contributed by atoms with Crippen LogP contribution in [0.15, 0.2) is 36.4 Å². The second-order valence-electron chi connectivity index (χ2n) is 6.82. The maximum atomic E-state index is 11.6. The van der Waals surface area contributed by atoms with Crippen molar-refractivity contribution in [1.82, 2.24) is 9.78 Å². The minimum atomic E-state index is -0.942. The van der Waals surface area contributed by atoms with Crippen molar-refractivity contribution < 1.29 is 28.5 Å². The molecular formula is C20H24N2O6. The molecule has 1 saturated heterocycles. The molecule has 2 aromatic rings. The van der Waals surface area contributed by atoms with Crippen LogP contribution < -0.4 is 4.74 Å². The Kier molecular flexibility index (Phi) is 5.99. The zero-order valence-electron chi connectivity index (χ0n) is 16.3. The number of carbonyl (C=O) groups excluding carboxylic acids is 2. The van der Waals surface area contributed by atoms with E-state index in [1.807, 2.05) is 44.2 Å². The quantitative estimate of drug-likeness (QED) is 0.727. The Labute approximate surface area is 163 Å². The Morgan fingerprint density at radius 3 is 2.39 bits per heavy atom. The molecule has 8 nitrogen and oxygen atoms in total. The molecule has 1 aliphatic heterocycles. The van der Waals surface area contributed by atoms with Crippen molar-refractivity contribution in [1.29, 1.82) is 0 Å². The zero-order chi connectivity index (χ0) is 20.3. The molecule has 1 aromatic carbocycles. The largest absolute Gasteiger partial charge is 0.458 e. The number of hydrogen-bond donors (Lipinski definition) is 0. The summed E-state index contributed by atoms with van der Waals surface area (Å²) in [4.78, 5) is 23.2. The Balaban J connectivity index is 1.89. The fourth-order valence-corrected chi connectivity index (χ4v) is 3.14. The van der Waals surface area contributed by atoms with Gasteiger partial charge in [0, 0.05) is 25.8 Å². The van der Waals surface area contributed by atoms with Gasteiger partial charge >= 0.3 is 11.9 Å². The second kappa shape index (κ2) is 8.43. The molecular weight excluding hydrogens is 364 g/mol. The smallest absolute Gasteiger partial charge is 0.303 e. The summed E-state index contributed by atoms with van der Waals surface area (Å²) >= 11 is 0. The van der Waals surface area contributed by atoms with E-state index in [1.165, 1.54) is 13.8 Å². The molecule has 4 atom stereocenters. The number of aryl methyl sites for hydroxylation is 1. The predicted octanol–water partition coefficient (Wildman–Crippen LogP) is 2.42. The van der Waals surface area contributed by atoms with E-state index in [0.29, 0.717) is 12.5 Å². The maximum absolute atomic E-state index is 11.6. The van der Waals surface area contributed by atoms with Crippen LogP contribution in [0.5, 0.6) is 5.88 Å². The van der Waals surface area contributed by atoms with Gasteiger partial charge in [0.25, 0.3) is 0 Å². The van der Waals surface area contributed by atoms with E-state index in [9.17, 15) is 9.59 Å². The molecule has 1 aliphatic rings. The molecule has 0 radical (unpaired) electrons. The van der Waals surface area contributed by atoms with Crippen molar-refractivity contribution in [3.8, 4) is 11.6 Å². The molecule has 0 saturated carbocycles. The van der Waals surface area contributed by atoms with Gasteiger partial charge in [0.15, 0.2) is 0 Å². The lowest BCUT2D eigenvalue weighted by Crippen LogP contribution is -2.55. The highest BCUT2D eigenvalue weighted by Gasteiger charge is 2.45. The third-order valence-corrected chi connectivity index (χ3v) is 4.32. The van der Waals surface area contributed by atoms with Crippen LogP contribution >= 0.6 is 0 Å². The Bertz CT molecular complexity index is 834. The van der Waals surface area contributed by atoms with Crippen LogP contribution in [0.25, 0.3) is 5.69 Å². The Hall–Kier alpha value is -2.87. The fourth-order valence-electron chi connectivity index (χ4n) is 3.14. The van der Waals surface area contributed by atoms with Gasteiger partial charge in [0.1, 0.15) is 6.10 Å². The van der Waals surface area contributed by atoms with Crippen molar-refractivity contribution in [2.45, 2.75) is 46.2 Å². The number of aromatic nitrogens is 2.